The summed E-state index contributed by atoms with van der Waals surface area (Å²) < 4.78 is 0. The van der Waals surface area contributed by atoms with Crippen LogP contribution in [-0.4, -0.2) is 11.1 Å². The van der Waals surface area contributed by atoms with Crippen molar-refractivity contribution in [3.05, 3.63) is 33.8 Å². The lowest BCUT2D eigenvalue weighted by Gasteiger charge is -2.15. The fourth-order valence-electron chi connectivity index (χ4n) is 1.000. The van der Waals surface area contributed by atoms with Crippen LogP contribution in [0.3, 0.4) is 0 Å². The number of hydrogen-bond acceptors (Lipinski definition) is 2. The van der Waals surface area contributed by atoms with E-state index >= 15 is 0 Å². The van der Waals surface area contributed by atoms with E-state index in [4.69, 9.17) is 28.9 Å². The first-order chi connectivity index (χ1) is 6.02. The molecular formula is C9H11Cl2NO. The normalized spacial score (nSPS) is 15.5. The van der Waals surface area contributed by atoms with E-state index in [1.165, 1.54) is 0 Å². The van der Waals surface area contributed by atoms with Crippen LogP contribution in [0.1, 0.15) is 18.6 Å². The van der Waals surface area contributed by atoms with Gasteiger partial charge in [-0.15, -0.1) is 0 Å². The summed E-state index contributed by atoms with van der Waals surface area (Å²) in [6.07, 6.45) is -0.699. The zero-order valence-corrected chi connectivity index (χ0v) is 8.68. The summed E-state index contributed by atoms with van der Waals surface area (Å²) in [6, 6.07) is 4.66. The van der Waals surface area contributed by atoms with Crippen LogP contribution in [0.25, 0.3) is 0 Å². The van der Waals surface area contributed by atoms with E-state index in [0.717, 1.165) is 0 Å². The SMILES string of the molecule is CC(N)C(O)c1ccc(Cl)c(Cl)c1. The average molecular weight is 220 g/mol. The van der Waals surface area contributed by atoms with Gasteiger partial charge in [0, 0.05) is 6.04 Å². The summed E-state index contributed by atoms with van der Waals surface area (Å²) in [6.45, 7) is 1.73. The van der Waals surface area contributed by atoms with Crippen LogP contribution in [0.2, 0.25) is 10.0 Å². The van der Waals surface area contributed by atoms with E-state index in [-0.39, 0.29) is 6.04 Å². The van der Waals surface area contributed by atoms with Crippen LogP contribution >= 0.6 is 23.2 Å². The van der Waals surface area contributed by atoms with Crippen LogP contribution in [0.15, 0.2) is 18.2 Å². The molecule has 2 atom stereocenters. The van der Waals surface area contributed by atoms with Crippen molar-refractivity contribution in [3.8, 4) is 0 Å². The molecule has 4 heteroatoms. The highest BCUT2D eigenvalue weighted by atomic mass is 35.5. The van der Waals surface area contributed by atoms with E-state index in [1.807, 2.05) is 0 Å². The van der Waals surface area contributed by atoms with Crippen LogP contribution in [0.4, 0.5) is 0 Å². The van der Waals surface area contributed by atoms with E-state index in [2.05, 4.69) is 0 Å². The van der Waals surface area contributed by atoms with Crippen molar-refractivity contribution in [2.75, 3.05) is 0 Å². The molecule has 0 fully saturated rings. The lowest BCUT2D eigenvalue weighted by atomic mass is 10.0. The molecule has 2 unspecified atom stereocenters. The molecule has 0 aliphatic rings. The van der Waals surface area contributed by atoms with Gasteiger partial charge in [0.15, 0.2) is 0 Å². The molecule has 0 radical (unpaired) electrons. The number of nitrogens with two attached hydrogens (primary N) is 1. The monoisotopic (exact) mass is 219 g/mol. The van der Waals surface area contributed by atoms with Crippen LogP contribution < -0.4 is 5.73 Å². The molecule has 2 nitrogen and oxygen atoms in total. The molecule has 0 saturated carbocycles. The first-order valence-electron chi connectivity index (χ1n) is 3.91. The zero-order chi connectivity index (χ0) is 10.0. The minimum absolute atomic E-state index is 0.322. The Bertz CT molecular complexity index is 302. The van der Waals surface area contributed by atoms with Crippen molar-refractivity contribution >= 4 is 23.2 Å². The van der Waals surface area contributed by atoms with Crippen molar-refractivity contribution in [1.29, 1.82) is 0 Å². The minimum Gasteiger partial charge on any atom is -0.387 e. The van der Waals surface area contributed by atoms with E-state index in [1.54, 1.807) is 25.1 Å². The smallest absolute Gasteiger partial charge is 0.0938 e. The quantitative estimate of drug-likeness (QED) is 0.803. The van der Waals surface area contributed by atoms with Gasteiger partial charge in [-0.2, -0.15) is 0 Å². The van der Waals surface area contributed by atoms with E-state index in [9.17, 15) is 5.11 Å². The Kier molecular flexibility index (Phi) is 3.56. The fraction of sp³-hybridized carbons (Fsp3) is 0.333. The molecule has 0 amide bonds. The predicted octanol–water partition coefficient (Wildman–Crippen LogP) is 2.37. The van der Waals surface area contributed by atoms with Gasteiger partial charge >= 0.3 is 0 Å². The maximum Gasteiger partial charge on any atom is 0.0938 e. The molecule has 1 rings (SSSR count). The largest absolute Gasteiger partial charge is 0.387 e. The van der Waals surface area contributed by atoms with Gasteiger partial charge in [-0.05, 0) is 24.6 Å². The Morgan fingerprint density at radius 3 is 2.38 bits per heavy atom. The molecule has 3 N–H and O–H groups in total. The summed E-state index contributed by atoms with van der Waals surface area (Å²) in [4.78, 5) is 0. The number of aliphatic hydroxyl groups is 1. The van der Waals surface area contributed by atoms with Gasteiger partial charge in [0.1, 0.15) is 0 Å². The summed E-state index contributed by atoms with van der Waals surface area (Å²) in [7, 11) is 0. The lowest BCUT2D eigenvalue weighted by Crippen LogP contribution is -2.24. The molecule has 1 aromatic carbocycles. The molecular weight excluding hydrogens is 209 g/mol. The standard InChI is InChI=1S/C9H11Cl2NO/c1-5(12)9(13)6-2-3-7(10)8(11)4-6/h2-5,9,13H,12H2,1H3. The molecule has 0 heterocycles. The Morgan fingerprint density at radius 1 is 1.31 bits per heavy atom. The third-order valence-electron chi connectivity index (χ3n) is 1.78. The van der Waals surface area contributed by atoms with Crippen molar-refractivity contribution in [1.82, 2.24) is 0 Å². The maximum atomic E-state index is 9.59. The van der Waals surface area contributed by atoms with Crippen molar-refractivity contribution in [2.45, 2.75) is 19.1 Å². The second-order valence-electron chi connectivity index (χ2n) is 2.98. The summed E-state index contributed by atoms with van der Waals surface area (Å²) in [5, 5.41) is 10.5. The Labute approximate surface area is 87.3 Å². The van der Waals surface area contributed by atoms with Gasteiger partial charge in [0.25, 0.3) is 0 Å². The highest BCUT2D eigenvalue weighted by Gasteiger charge is 2.13. The fourth-order valence-corrected chi connectivity index (χ4v) is 1.31. The second kappa shape index (κ2) is 4.29. The minimum atomic E-state index is -0.699. The molecule has 0 aliphatic heterocycles. The van der Waals surface area contributed by atoms with Gasteiger partial charge in [0.2, 0.25) is 0 Å². The lowest BCUT2D eigenvalue weighted by molar-refractivity contribution is 0.153. The molecule has 0 aromatic heterocycles. The summed E-state index contributed by atoms with van der Waals surface area (Å²) in [5.74, 6) is 0. The maximum absolute atomic E-state index is 9.59. The van der Waals surface area contributed by atoms with Gasteiger partial charge in [-0.1, -0.05) is 29.3 Å². The van der Waals surface area contributed by atoms with E-state index in [0.29, 0.717) is 15.6 Å². The third-order valence-corrected chi connectivity index (χ3v) is 2.52. The number of aliphatic hydroxyl groups excluding tert-OH is 1. The number of halogens is 2. The number of hydrogen-bond donors (Lipinski definition) is 2. The molecule has 72 valence electrons. The molecule has 13 heavy (non-hydrogen) atoms. The predicted molar refractivity (Wildman–Crippen MR) is 55.1 cm³/mol. The van der Waals surface area contributed by atoms with Crippen LogP contribution in [0.5, 0.6) is 0 Å². The molecule has 0 aliphatic carbocycles. The Hall–Kier alpha value is -0.280. The van der Waals surface area contributed by atoms with E-state index < -0.39 is 6.10 Å². The molecule has 0 saturated heterocycles. The topological polar surface area (TPSA) is 46.2 Å². The first-order valence-corrected chi connectivity index (χ1v) is 4.66. The Morgan fingerprint density at radius 2 is 1.92 bits per heavy atom. The molecule has 1 aromatic rings. The highest BCUT2D eigenvalue weighted by molar-refractivity contribution is 6.42. The third kappa shape index (κ3) is 2.58. The van der Waals surface area contributed by atoms with Crippen LogP contribution in [-0.2, 0) is 0 Å². The molecule has 0 bridgehead atoms. The van der Waals surface area contributed by atoms with Crippen LogP contribution in [0, 0.1) is 0 Å². The summed E-state index contributed by atoms with van der Waals surface area (Å²) >= 11 is 11.5. The van der Waals surface area contributed by atoms with Gasteiger partial charge < -0.3 is 10.8 Å². The highest BCUT2D eigenvalue weighted by Crippen LogP contribution is 2.26. The van der Waals surface area contributed by atoms with Crippen molar-refractivity contribution in [2.24, 2.45) is 5.73 Å². The number of benzene rings is 1. The summed E-state index contributed by atoms with van der Waals surface area (Å²) in [5.41, 5.74) is 6.21. The number of rotatable bonds is 2. The molecule has 0 spiro atoms. The van der Waals surface area contributed by atoms with Crippen molar-refractivity contribution < 1.29 is 5.11 Å². The zero-order valence-electron chi connectivity index (χ0n) is 7.17. The first kappa shape index (κ1) is 10.8. The van der Waals surface area contributed by atoms with Gasteiger partial charge in [0.05, 0.1) is 16.1 Å². The average Bonchev–Trinajstić information content (AvgIpc) is 2.08. The second-order valence-corrected chi connectivity index (χ2v) is 3.79. The van der Waals surface area contributed by atoms with Crippen molar-refractivity contribution in [3.63, 3.8) is 0 Å². The Balaban J connectivity index is 2.97. The van der Waals surface area contributed by atoms with Gasteiger partial charge in [-0.3, -0.25) is 0 Å². The van der Waals surface area contributed by atoms with Gasteiger partial charge in [-0.25, -0.2) is 0 Å².